The second-order valence-corrected chi connectivity index (χ2v) is 8.78. The number of rotatable bonds is 8. The van der Waals surface area contributed by atoms with Crippen LogP contribution >= 0.6 is 0 Å². The number of esters is 1. The van der Waals surface area contributed by atoms with E-state index < -0.39 is 11.9 Å². The van der Waals surface area contributed by atoms with E-state index in [1.807, 2.05) is 24.3 Å². The van der Waals surface area contributed by atoms with Crippen molar-refractivity contribution in [1.82, 2.24) is 0 Å². The van der Waals surface area contributed by atoms with Crippen molar-refractivity contribution in [2.75, 3.05) is 17.3 Å². The average molecular weight is 535 g/mol. The van der Waals surface area contributed by atoms with Crippen molar-refractivity contribution < 1.29 is 29.0 Å². The Hall–Kier alpha value is -5.50. The van der Waals surface area contributed by atoms with E-state index in [1.165, 1.54) is 18.9 Å². The summed E-state index contributed by atoms with van der Waals surface area (Å²) in [6.45, 7) is 1.43. The summed E-state index contributed by atoms with van der Waals surface area (Å²) in [5.74, 6) is -1.96. The first-order valence-corrected chi connectivity index (χ1v) is 12.3. The van der Waals surface area contributed by atoms with Gasteiger partial charge in [0.15, 0.2) is 0 Å². The Kier molecular flexibility index (Phi) is 8.51. The number of carbonyl (C=O) groups excluding carboxylic acids is 3. The first-order chi connectivity index (χ1) is 19.2. The predicted octanol–water partition coefficient (Wildman–Crippen LogP) is 6.28. The summed E-state index contributed by atoms with van der Waals surface area (Å²) in [6.07, 6.45) is 3.77. The second-order valence-electron chi connectivity index (χ2n) is 8.78. The molecule has 2 N–H and O–H groups in total. The lowest BCUT2D eigenvalue weighted by molar-refractivity contribution is -0.115. The summed E-state index contributed by atoms with van der Waals surface area (Å²) in [5.41, 5.74) is 4.57. The van der Waals surface area contributed by atoms with Gasteiger partial charge in [-0.2, -0.15) is 0 Å². The molecule has 4 rings (SSSR count). The Morgan fingerprint density at radius 2 is 1.12 bits per heavy atom. The summed E-state index contributed by atoms with van der Waals surface area (Å²) < 4.78 is 4.71. The fraction of sp³-hybridized carbons (Fsp3) is 0.0625. The lowest BCUT2D eigenvalue weighted by Crippen LogP contribution is -2.23. The number of methoxy groups -OCH3 is 1. The van der Waals surface area contributed by atoms with Gasteiger partial charge in [-0.05, 0) is 83.9 Å². The molecule has 8 nitrogen and oxygen atoms in total. The summed E-state index contributed by atoms with van der Waals surface area (Å²) in [4.78, 5) is 49.4. The molecule has 0 aliphatic carbocycles. The van der Waals surface area contributed by atoms with Crippen molar-refractivity contribution in [3.8, 4) is 0 Å². The lowest BCUT2D eigenvalue weighted by Gasteiger charge is -2.22. The smallest absolute Gasteiger partial charge is 0.337 e. The third kappa shape index (κ3) is 6.68. The normalized spacial score (nSPS) is 10.7. The van der Waals surface area contributed by atoms with Crippen LogP contribution in [0.25, 0.3) is 12.2 Å². The van der Waals surface area contributed by atoms with Crippen LogP contribution in [-0.2, 0) is 9.53 Å². The highest BCUT2D eigenvalue weighted by molar-refractivity contribution is 6.05. The molecule has 0 aromatic heterocycles. The molecule has 4 aromatic rings. The second kappa shape index (κ2) is 12.4. The molecule has 0 aliphatic rings. The number of hydrogen-bond donors (Lipinski definition) is 2. The molecule has 0 unspecified atom stereocenters. The number of ether oxygens (including phenoxy) is 1. The van der Waals surface area contributed by atoms with Gasteiger partial charge >= 0.3 is 11.9 Å². The van der Waals surface area contributed by atoms with E-state index in [9.17, 15) is 19.2 Å². The number of anilines is 3. The molecule has 8 heteroatoms. The molecule has 40 heavy (non-hydrogen) atoms. The molecular formula is C32H26N2O6. The summed E-state index contributed by atoms with van der Waals surface area (Å²) in [6, 6.07) is 27.0. The van der Waals surface area contributed by atoms with Crippen molar-refractivity contribution in [2.45, 2.75) is 6.92 Å². The first kappa shape index (κ1) is 27.5. The van der Waals surface area contributed by atoms with Crippen LogP contribution in [0, 0.1) is 0 Å². The third-order valence-corrected chi connectivity index (χ3v) is 6.04. The Balaban J connectivity index is 1.40. The molecule has 0 heterocycles. The highest BCUT2D eigenvalue weighted by Crippen LogP contribution is 2.27. The number of benzene rings is 4. The van der Waals surface area contributed by atoms with Gasteiger partial charge in [0.25, 0.3) is 5.91 Å². The van der Waals surface area contributed by atoms with Gasteiger partial charge in [0.05, 0.1) is 18.2 Å². The van der Waals surface area contributed by atoms with Crippen LogP contribution in [0.1, 0.15) is 49.1 Å². The van der Waals surface area contributed by atoms with Crippen LogP contribution in [-0.4, -0.2) is 36.0 Å². The maximum Gasteiger partial charge on any atom is 0.337 e. The molecule has 0 spiro atoms. The van der Waals surface area contributed by atoms with Crippen LogP contribution < -0.4 is 10.2 Å². The van der Waals surface area contributed by atoms with E-state index in [0.717, 1.165) is 11.1 Å². The van der Waals surface area contributed by atoms with E-state index in [2.05, 4.69) is 5.32 Å². The molecular weight excluding hydrogens is 508 g/mol. The lowest BCUT2D eigenvalue weighted by atomic mass is 10.1. The van der Waals surface area contributed by atoms with Crippen LogP contribution in [0.3, 0.4) is 0 Å². The zero-order valence-electron chi connectivity index (χ0n) is 21.8. The number of carbonyl (C=O) groups is 4. The number of carboxylic acid groups (broad SMARTS) is 1. The van der Waals surface area contributed by atoms with Crippen LogP contribution in [0.15, 0.2) is 97.1 Å². The highest BCUT2D eigenvalue weighted by Gasteiger charge is 2.16. The van der Waals surface area contributed by atoms with Gasteiger partial charge in [-0.3, -0.25) is 14.5 Å². The number of hydrogen-bond acceptors (Lipinski definition) is 5. The van der Waals surface area contributed by atoms with E-state index in [0.29, 0.717) is 28.2 Å². The minimum Gasteiger partial charge on any atom is -0.478 e. The van der Waals surface area contributed by atoms with Gasteiger partial charge in [0.2, 0.25) is 5.91 Å². The van der Waals surface area contributed by atoms with Gasteiger partial charge in [-0.15, -0.1) is 0 Å². The Bertz CT molecular complexity index is 1560. The first-order valence-electron chi connectivity index (χ1n) is 12.3. The van der Waals surface area contributed by atoms with E-state index in [-0.39, 0.29) is 17.4 Å². The zero-order chi connectivity index (χ0) is 28.6. The molecule has 0 radical (unpaired) electrons. The van der Waals surface area contributed by atoms with Gasteiger partial charge in [0, 0.05) is 29.5 Å². The summed E-state index contributed by atoms with van der Waals surface area (Å²) in [7, 11) is 1.30. The zero-order valence-corrected chi connectivity index (χ0v) is 21.8. The fourth-order valence-electron chi connectivity index (χ4n) is 3.95. The molecule has 0 saturated heterocycles. The van der Waals surface area contributed by atoms with Crippen LogP contribution in [0.4, 0.5) is 17.1 Å². The van der Waals surface area contributed by atoms with E-state index >= 15 is 0 Å². The van der Waals surface area contributed by atoms with Crippen LogP contribution in [0.5, 0.6) is 0 Å². The monoisotopic (exact) mass is 534 g/mol. The van der Waals surface area contributed by atoms with Crippen molar-refractivity contribution in [2.24, 2.45) is 0 Å². The third-order valence-electron chi connectivity index (χ3n) is 6.04. The minimum atomic E-state index is -0.967. The molecule has 4 aromatic carbocycles. The van der Waals surface area contributed by atoms with Gasteiger partial charge in [0.1, 0.15) is 0 Å². The van der Waals surface area contributed by atoms with Crippen LogP contribution in [0.2, 0.25) is 0 Å². The van der Waals surface area contributed by atoms with Crippen molar-refractivity contribution in [3.63, 3.8) is 0 Å². The Morgan fingerprint density at radius 3 is 1.57 bits per heavy atom. The summed E-state index contributed by atoms with van der Waals surface area (Å²) >= 11 is 0. The van der Waals surface area contributed by atoms with Gasteiger partial charge < -0.3 is 15.2 Å². The highest BCUT2D eigenvalue weighted by atomic mass is 16.5. The van der Waals surface area contributed by atoms with E-state index in [1.54, 1.807) is 84.9 Å². The van der Waals surface area contributed by atoms with Crippen molar-refractivity contribution >= 4 is 53.0 Å². The molecule has 0 aliphatic heterocycles. The number of carboxylic acids is 1. The maximum atomic E-state index is 12.8. The molecule has 0 saturated carbocycles. The molecule has 200 valence electrons. The maximum absolute atomic E-state index is 12.8. The van der Waals surface area contributed by atoms with Gasteiger partial charge in [-0.25, -0.2) is 9.59 Å². The number of nitrogens with zero attached hydrogens (tertiary/aromatic N) is 1. The quantitative estimate of drug-likeness (QED) is 0.203. The molecule has 2 amide bonds. The minimum absolute atomic E-state index is 0.227. The standard InChI is InChI=1S/C32H26N2O6/c1-21(35)34(29-19-13-26(14-20-29)32(39)40-2)28-17-11-24(12-18-28)30(36)33-27-15-7-23(8-16-27)4-3-22-5-9-25(10-6-22)31(37)38/h3-20H,1-2H3,(H,33,36)(H,37,38)/b4-3+. The molecule has 0 fully saturated rings. The molecule has 0 atom stereocenters. The van der Waals surface area contributed by atoms with Crippen molar-refractivity contribution in [1.29, 1.82) is 0 Å². The molecule has 0 bridgehead atoms. The number of amides is 2. The number of aromatic carboxylic acids is 1. The van der Waals surface area contributed by atoms with Gasteiger partial charge in [-0.1, -0.05) is 36.4 Å². The predicted molar refractivity (Wildman–Crippen MR) is 154 cm³/mol. The SMILES string of the molecule is COC(=O)c1ccc(N(C(C)=O)c2ccc(C(=O)Nc3ccc(/C=C/c4ccc(C(=O)O)cc4)cc3)cc2)cc1. The van der Waals surface area contributed by atoms with E-state index in [4.69, 9.17) is 9.84 Å². The Labute approximate surface area is 231 Å². The largest absolute Gasteiger partial charge is 0.478 e. The Morgan fingerprint density at radius 1 is 0.675 bits per heavy atom. The topological polar surface area (TPSA) is 113 Å². The number of nitrogens with one attached hydrogen (secondary N) is 1. The average Bonchev–Trinajstić information content (AvgIpc) is 2.97. The fourth-order valence-corrected chi connectivity index (χ4v) is 3.95. The van der Waals surface area contributed by atoms with Crippen molar-refractivity contribution in [3.05, 3.63) is 125 Å². The summed E-state index contributed by atoms with van der Waals surface area (Å²) in [5, 5.41) is 11.9.